The van der Waals surface area contributed by atoms with Crippen molar-refractivity contribution in [1.82, 2.24) is 0 Å². The van der Waals surface area contributed by atoms with Crippen LogP contribution in [0.1, 0.15) is 53.6 Å². The minimum Gasteiger partial charge on any atom is -0.421 e. The lowest BCUT2D eigenvalue weighted by Gasteiger charge is -2.23. The largest absolute Gasteiger partial charge is 0.421 e. The predicted molar refractivity (Wildman–Crippen MR) is 105 cm³/mol. The Morgan fingerprint density at radius 3 is 2.61 bits per heavy atom. The normalized spacial score (nSPS) is 18.7. The Morgan fingerprint density at radius 1 is 1.11 bits per heavy atom. The van der Waals surface area contributed by atoms with Gasteiger partial charge in [0.1, 0.15) is 11.5 Å². The number of fused-ring (bicyclic) bond motifs is 1. The highest BCUT2D eigenvalue weighted by Crippen LogP contribution is 2.40. The minimum absolute atomic E-state index is 0.0133. The van der Waals surface area contributed by atoms with Crippen LogP contribution in [0.3, 0.4) is 0 Å². The molecule has 0 N–H and O–H groups in total. The quantitative estimate of drug-likeness (QED) is 0.603. The molecule has 6 nitrogen and oxygen atoms in total. The van der Waals surface area contributed by atoms with Crippen LogP contribution in [-0.2, 0) is 9.59 Å². The molecule has 0 aromatic heterocycles. The van der Waals surface area contributed by atoms with Crippen molar-refractivity contribution in [3.63, 3.8) is 0 Å². The third-order valence-electron chi connectivity index (χ3n) is 5.16. The number of amides is 1. The zero-order valence-electron chi connectivity index (χ0n) is 15.8. The molecule has 0 radical (unpaired) electrons. The average Bonchev–Trinajstić information content (AvgIpc) is 3.00. The van der Waals surface area contributed by atoms with Crippen molar-refractivity contribution < 1.29 is 19.1 Å². The van der Waals surface area contributed by atoms with Crippen molar-refractivity contribution in [1.29, 1.82) is 0 Å². The molecule has 0 bridgehead atoms. The first-order valence-corrected chi connectivity index (χ1v) is 9.30. The van der Waals surface area contributed by atoms with Crippen LogP contribution in [0, 0.1) is 6.92 Å². The van der Waals surface area contributed by atoms with E-state index < -0.39 is 5.97 Å². The zero-order valence-corrected chi connectivity index (χ0v) is 15.8. The van der Waals surface area contributed by atoms with Gasteiger partial charge in [-0.05, 0) is 42.2 Å². The Bertz CT molecular complexity index is 1010. The molecular formula is C22H20N2O4. The van der Waals surface area contributed by atoms with E-state index in [9.17, 15) is 14.4 Å². The van der Waals surface area contributed by atoms with Gasteiger partial charge >= 0.3 is 5.97 Å². The molecule has 0 fully saturated rings. The smallest absolute Gasteiger partial charge is 0.359 e. The van der Waals surface area contributed by atoms with Crippen LogP contribution in [0.4, 0.5) is 5.69 Å². The number of carbonyl (C=O) groups excluding carboxylic acids is 3. The molecule has 1 heterocycles. The Labute approximate surface area is 162 Å². The van der Waals surface area contributed by atoms with Crippen LogP contribution in [0.5, 0.6) is 5.75 Å². The molecule has 1 atom stereocenters. The van der Waals surface area contributed by atoms with E-state index in [1.54, 1.807) is 30.3 Å². The number of carbonyl (C=O) groups is 3. The Morgan fingerprint density at radius 2 is 1.86 bits per heavy atom. The number of aryl methyl sites for hydroxylation is 1. The van der Waals surface area contributed by atoms with Crippen LogP contribution in [-0.4, -0.2) is 23.4 Å². The summed E-state index contributed by atoms with van der Waals surface area (Å²) in [5, 5.41) is 5.44. The molecule has 1 aliphatic carbocycles. The van der Waals surface area contributed by atoms with E-state index in [0.717, 1.165) is 11.1 Å². The van der Waals surface area contributed by atoms with E-state index in [0.29, 0.717) is 17.7 Å². The highest BCUT2D eigenvalue weighted by atomic mass is 16.5. The van der Waals surface area contributed by atoms with Crippen molar-refractivity contribution in [2.45, 2.75) is 39.0 Å². The Balaban J connectivity index is 1.63. The molecule has 1 unspecified atom stereocenters. The van der Waals surface area contributed by atoms with Crippen LogP contribution < -0.4 is 9.75 Å². The first kappa shape index (κ1) is 18.1. The van der Waals surface area contributed by atoms with Crippen molar-refractivity contribution in [2.24, 2.45) is 5.10 Å². The summed E-state index contributed by atoms with van der Waals surface area (Å²) >= 11 is 0. The van der Waals surface area contributed by atoms with E-state index in [2.05, 4.69) is 5.10 Å². The van der Waals surface area contributed by atoms with Crippen molar-refractivity contribution in [2.75, 3.05) is 5.01 Å². The number of hydrogen-bond acceptors (Lipinski definition) is 5. The third kappa shape index (κ3) is 3.11. The standard InChI is InChI=1S/C22H20N2O4/c1-13-8-10-18(21-17(25)12-14(2)20(13)21)28-22(27)16-9-11-19(26)24(23-16)15-6-4-3-5-7-15/h3-8,10,14H,9,11-12H2,1-2H3. The molecule has 2 aromatic carbocycles. The second kappa shape index (κ2) is 7.03. The number of anilines is 1. The molecule has 2 aliphatic rings. The van der Waals surface area contributed by atoms with Crippen LogP contribution in [0.15, 0.2) is 47.6 Å². The Hall–Kier alpha value is -3.28. The second-order valence-electron chi connectivity index (χ2n) is 7.17. The second-order valence-corrected chi connectivity index (χ2v) is 7.17. The molecule has 28 heavy (non-hydrogen) atoms. The first-order valence-electron chi connectivity index (χ1n) is 9.30. The monoisotopic (exact) mass is 376 g/mol. The van der Waals surface area contributed by atoms with Crippen molar-refractivity contribution in [3.8, 4) is 5.75 Å². The molecule has 2 aromatic rings. The summed E-state index contributed by atoms with van der Waals surface area (Å²) in [7, 11) is 0. The molecule has 0 saturated heterocycles. The van der Waals surface area contributed by atoms with Gasteiger partial charge in [0.2, 0.25) is 5.91 Å². The molecule has 0 saturated carbocycles. The lowest BCUT2D eigenvalue weighted by molar-refractivity contribution is -0.127. The molecule has 4 rings (SSSR count). The molecular weight excluding hydrogens is 356 g/mol. The molecule has 0 spiro atoms. The van der Waals surface area contributed by atoms with Gasteiger partial charge in [0.25, 0.3) is 0 Å². The third-order valence-corrected chi connectivity index (χ3v) is 5.16. The van der Waals surface area contributed by atoms with Gasteiger partial charge in [0.05, 0.1) is 11.3 Å². The zero-order chi connectivity index (χ0) is 19.8. The summed E-state index contributed by atoms with van der Waals surface area (Å²) in [4.78, 5) is 37.3. The van der Waals surface area contributed by atoms with E-state index in [1.165, 1.54) is 5.01 Å². The van der Waals surface area contributed by atoms with E-state index in [-0.39, 0.29) is 41.9 Å². The fraction of sp³-hybridized carbons (Fsp3) is 0.273. The Kier molecular flexibility index (Phi) is 4.55. The maximum atomic E-state index is 12.7. The summed E-state index contributed by atoms with van der Waals surface area (Å²) in [5.41, 5.74) is 3.22. The first-order chi connectivity index (χ1) is 13.5. The van der Waals surface area contributed by atoms with Gasteiger partial charge in [-0.3, -0.25) is 9.59 Å². The summed E-state index contributed by atoms with van der Waals surface area (Å²) < 4.78 is 5.56. The van der Waals surface area contributed by atoms with Gasteiger partial charge in [-0.1, -0.05) is 31.2 Å². The van der Waals surface area contributed by atoms with E-state index in [1.807, 2.05) is 26.0 Å². The number of Topliss-reactive ketones (excluding diaryl/α,β-unsaturated/α-hetero) is 1. The summed E-state index contributed by atoms with van der Waals surface area (Å²) in [6.07, 6.45) is 0.798. The number of esters is 1. The predicted octanol–water partition coefficient (Wildman–Crippen LogP) is 3.77. The highest BCUT2D eigenvalue weighted by Gasteiger charge is 2.33. The topological polar surface area (TPSA) is 76.0 Å². The summed E-state index contributed by atoms with van der Waals surface area (Å²) in [5.74, 6) is -0.444. The van der Waals surface area contributed by atoms with Gasteiger partial charge in [-0.15, -0.1) is 0 Å². The van der Waals surface area contributed by atoms with Crippen LogP contribution >= 0.6 is 0 Å². The fourth-order valence-corrected chi connectivity index (χ4v) is 3.82. The molecule has 1 aliphatic heterocycles. The van der Waals surface area contributed by atoms with Crippen molar-refractivity contribution >= 4 is 29.1 Å². The number of nitrogens with zero attached hydrogens (tertiary/aromatic N) is 2. The highest BCUT2D eigenvalue weighted by molar-refractivity contribution is 6.38. The number of rotatable bonds is 3. The summed E-state index contributed by atoms with van der Waals surface area (Å²) in [6.45, 7) is 3.95. The molecule has 142 valence electrons. The van der Waals surface area contributed by atoms with Gasteiger partial charge in [0.15, 0.2) is 5.78 Å². The van der Waals surface area contributed by atoms with Gasteiger partial charge < -0.3 is 4.74 Å². The van der Waals surface area contributed by atoms with Crippen LogP contribution in [0.2, 0.25) is 0 Å². The van der Waals surface area contributed by atoms with Gasteiger partial charge in [-0.25, -0.2) is 9.80 Å². The van der Waals surface area contributed by atoms with Gasteiger partial charge in [-0.2, -0.15) is 5.10 Å². The minimum atomic E-state index is -0.633. The number of ketones is 1. The average molecular weight is 376 g/mol. The molecule has 6 heteroatoms. The van der Waals surface area contributed by atoms with Crippen molar-refractivity contribution in [3.05, 3.63) is 59.2 Å². The molecule has 1 amide bonds. The lowest BCUT2D eigenvalue weighted by atomic mass is 9.97. The SMILES string of the molecule is Cc1ccc(OC(=O)C2=NN(c3ccccc3)C(=O)CC2)c2c1C(C)CC2=O. The lowest BCUT2D eigenvalue weighted by Crippen LogP contribution is -2.35. The van der Waals surface area contributed by atoms with Gasteiger partial charge in [0, 0.05) is 19.3 Å². The van der Waals surface area contributed by atoms with E-state index in [4.69, 9.17) is 4.74 Å². The maximum absolute atomic E-state index is 12.7. The van der Waals surface area contributed by atoms with Crippen LogP contribution in [0.25, 0.3) is 0 Å². The number of hydrazone groups is 1. The number of ether oxygens (including phenoxy) is 1. The maximum Gasteiger partial charge on any atom is 0.359 e. The summed E-state index contributed by atoms with van der Waals surface area (Å²) in [6, 6.07) is 12.5. The number of para-hydroxylation sites is 1. The number of benzene rings is 2. The van der Waals surface area contributed by atoms with E-state index >= 15 is 0 Å². The number of hydrogen-bond donors (Lipinski definition) is 0. The fourth-order valence-electron chi connectivity index (χ4n) is 3.82.